The van der Waals surface area contributed by atoms with E-state index in [9.17, 15) is 0 Å². The minimum atomic E-state index is 0.390. The van der Waals surface area contributed by atoms with Crippen molar-refractivity contribution in [1.29, 1.82) is 0 Å². The van der Waals surface area contributed by atoms with Crippen molar-refractivity contribution >= 4 is 22.9 Å². The van der Waals surface area contributed by atoms with Crippen molar-refractivity contribution in [3.63, 3.8) is 0 Å². The standard InChI is InChI=1S/C11H21IN2O/c1-9-10(13(2)3)11(8-15-9)4-6-14(12)7-5-11/h9-10H,4-8H2,1-3H3/t9-,10+/m0/s1. The van der Waals surface area contributed by atoms with Crippen molar-refractivity contribution in [2.45, 2.75) is 31.9 Å². The molecule has 1 spiro atoms. The Morgan fingerprint density at radius 2 is 1.93 bits per heavy atom. The maximum absolute atomic E-state index is 5.89. The van der Waals surface area contributed by atoms with Gasteiger partial charge >= 0.3 is 0 Å². The predicted molar refractivity (Wildman–Crippen MR) is 70.1 cm³/mol. The van der Waals surface area contributed by atoms with Gasteiger partial charge in [-0.1, -0.05) is 0 Å². The molecule has 15 heavy (non-hydrogen) atoms. The Kier molecular flexibility index (Phi) is 3.60. The van der Waals surface area contributed by atoms with Gasteiger partial charge in [0.1, 0.15) is 0 Å². The van der Waals surface area contributed by atoms with Crippen LogP contribution in [0.5, 0.6) is 0 Å². The van der Waals surface area contributed by atoms with Crippen molar-refractivity contribution in [1.82, 2.24) is 8.01 Å². The van der Waals surface area contributed by atoms with Gasteiger partial charge in [0.05, 0.1) is 12.7 Å². The smallest absolute Gasteiger partial charge is 0.0708 e. The minimum Gasteiger partial charge on any atom is -0.376 e. The van der Waals surface area contributed by atoms with E-state index in [1.807, 2.05) is 0 Å². The van der Waals surface area contributed by atoms with Crippen LogP contribution in [0, 0.1) is 5.41 Å². The molecule has 0 saturated carbocycles. The van der Waals surface area contributed by atoms with E-state index in [0.717, 1.165) is 6.61 Å². The summed E-state index contributed by atoms with van der Waals surface area (Å²) in [4.78, 5) is 2.36. The van der Waals surface area contributed by atoms with Gasteiger partial charge in [0.15, 0.2) is 0 Å². The van der Waals surface area contributed by atoms with Crippen LogP contribution in [0.1, 0.15) is 19.8 Å². The second-order valence-electron chi connectivity index (χ2n) is 5.20. The fourth-order valence-corrected chi connectivity index (χ4v) is 3.79. The summed E-state index contributed by atoms with van der Waals surface area (Å²) >= 11 is 2.44. The second kappa shape index (κ2) is 4.47. The third-order valence-electron chi connectivity index (χ3n) is 3.97. The van der Waals surface area contributed by atoms with Crippen LogP contribution in [0.2, 0.25) is 0 Å². The molecule has 0 bridgehead atoms. The third kappa shape index (κ3) is 2.18. The van der Waals surface area contributed by atoms with Crippen LogP contribution in [0.4, 0.5) is 0 Å². The molecule has 88 valence electrons. The summed E-state index contributed by atoms with van der Waals surface area (Å²) in [6, 6.07) is 0.600. The number of rotatable bonds is 1. The van der Waals surface area contributed by atoms with Crippen LogP contribution in [0.25, 0.3) is 0 Å². The first-order valence-electron chi connectivity index (χ1n) is 5.74. The molecular formula is C11H21IN2O. The first-order valence-corrected chi connectivity index (χ1v) is 6.70. The quantitative estimate of drug-likeness (QED) is 0.540. The van der Waals surface area contributed by atoms with Crippen LogP contribution in [-0.2, 0) is 4.74 Å². The lowest BCUT2D eigenvalue weighted by Gasteiger charge is -2.43. The van der Waals surface area contributed by atoms with Gasteiger partial charge in [-0.3, -0.25) is 0 Å². The monoisotopic (exact) mass is 324 g/mol. The fourth-order valence-electron chi connectivity index (χ4n) is 3.30. The van der Waals surface area contributed by atoms with Crippen molar-refractivity contribution in [3.05, 3.63) is 0 Å². The second-order valence-corrected chi connectivity index (χ2v) is 6.56. The normalized spacial score (nSPS) is 36.6. The van der Waals surface area contributed by atoms with E-state index in [-0.39, 0.29) is 0 Å². The molecule has 2 atom stereocenters. The molecule has 2 fully saturated rings. The highest BCUT2D eigenvalue weighted by Gasteiger charge is 2.49. The fraction of sp³-hybridized carbons (Fsp3) is 1.00. The zero-order chi connectivity index (χ0) is 11.1. The first-order chi connectivity index (χ1) is 7.05. The van der Waals surface area contributed by atoms with E-state index in [1.165, 1.54) is 25.9 Å². The number of halogens is 1. The summed E-state index contributed by atoms with van der Waals surface area (Å²) in [7, 11) is 4.38. The van der Waals surface area contributed by atoms with E-state index >= 15 is 0 Å². The molecule has 3 nitrogen and oxygen atoms in total. The molecule has 0 amide bonds. The number of nitrogens with zero attached hydrogens (tertiary/aromatic N) is 2. The molecule has 0 aliphatic carbocycles. The van der Waals surface area contributed by atoms with Gasteiger partial charge in [0.25, 0.3) is 0 Å². The molecule has 0 N–H and O–H groups in total. The van der Waals surface area contributed by atoms with Gasteiger partial charge in [0.2, 0.25) is 0 Å². The first kappa shape index (κ1) is 12.1. The summed E-state index contributed by atoms with van der Waals surface area (Å²) in [6.45, 7) is 5.60. The van der Waals surface area contributed by atoms with E-state index in [1.54, 1.807) is 0 Å². The number of hydrogen-bond acceptors (Lipinski definition) is 3. The zero-order valence-electron chi connectivity index (χ0n) is 9.87. The predicted octanol–water partition coefficient (Wildman–Crippen LogP) is 1.77. The summed E-state index contributed by atoms with van der Waals surface area (Å²) < 4.78 is 8.29. The lowest BCUT2D eigenvalue weighted by Crippen LogP contribution is -2.50. The average Bonchev–Trinajstić information content (AvgIpc) is 2.49. The number of piperidine rings is 1. The minimum absolute atomic E-state index is 0.390. The van der Waals surface area contributed by atoms with Gasteiger partial charge in [-0.05, 0) is 33.9 Å². The van der Waals surface area contributed by atoms with E-state index < -0.39 is 0 Å². The summed E-state index contributed by atoms with van der Waals surface area (Å²) in [5.74, 6) is 0. The molecule has 2 aliphatic heterocycles. The molecule has 0 aromatic carbocycles. The highest BCUT2D eigenvalue weighted by molar-refractivity contribution is 14.1. The van der Waals surface area contributed by atoms with Crippen LogP contribution < -0.4 is 0 Å². The van der Waals surface area contributed by atoms with Crippen LogP contribution in [-0.4, -0.2) is 54.0 Å². The Bertz CT molecular complexity index is 227. The number of ether oxygens (including phenoxy) is 1. The topological polar surface area (TPSA) is 15.7 Å². The van der Waals surface area contributed by atoms with Crippen LogP contribution in [0.15, 0.2) is 0 Å². The maximum atomic E-state index is 5.89. The Labute approximate surface area is 107 Å². The summed E-state index contributed by atoms with van der Waals surface area (Å²) in [5, 5.41) is 0. The largest absolute Gasteiger partial charge is 0.376 e. The van der Waals surface area contributed by atoms with E-state index in [0.29, 0.717) is 17.6 Å². The molecule has 2 saturated heterocycles. The lowest BCUT2D eigenvalue weighted by atomic mass is 9.73. The zero-order valence-corrected chi connectivity index (χ0v) is 12.0. The van der Waals surface area contributed by atoms with Gasteiger partial charge in [0, 0.05) is 47.4 Å². The number of hydrogen-bond donors (Lipinski definition) is 0. The van der Waals surface area contributed by atoms with E-state index in [4.69, 9.17) is 4.74 Å². The molecular weight excluding hydrogens is 303 g/mol. The molecule has 2 aliphatic rings. The van der Waals surface area contributed by atoms with E-state index in [2.05, 4.69) is 51.9 Å². The summed E-state index contributed by atoms with van der Waals surface area (Å²) in [6.07, 6.45) is 2.95. The van der Waals surface area contributed by atoms with Crippen molar-refractivity contribution in [2.75, 3.05) is 33.8 Å². The molecule has 0 aromatic heterocycles. The Balaban J connectivity index is 2.13. The molecule has 2 heterocycles. The Morgan fingerprint density at radius 3 is 2.47 bits per heavy atom. The third-order valence-corrected chi connectivity index (χ3v) is 4.93. The van der Waals surface area contributed by atoms with Gasteiger partial charge in [-0.2, -0.15) is 0 Å². The van der Waals surface area contributed by atoms with Gasteiger partial charge in [-0.25, -0.2) is 3.11 Å². The number of likely N-dealkylation sites (N-methyl/N-ethyl adjacent to an activating group) is 1. The lowest BCUT2D eigenvalue weighted by molar-refractivity contribution is 0.0845. The van der Waals surface area contributed by atoms with Crippen molar-refractivity contribution < 1.29 is 4.74 Å². The Hall–Kier alpha value is 0.610. The molecule has 0 aromatic rings. The molecule has 0 radical (unpaired) electrons. The highest BCUT2D eigenvalue weighted by atomic mass is 127. The summed E-state index contributed by atoms with van der Waals surface area (Å²) in [5.41, 5.74) is 0.421. The highest BCUT2D eigenvalue weighted by Crippen LogP contribution is 2.44. The van der Waals surface area contributed by atoms with Crippen LogP contribution in [0.3, 0.4) is 0 Å². The Morgan fingerprint density at radius 1 is 1.33 bits per heavy atom. The molecule has 2 rings (SSSR count). The van der Waals surface area contributed by atoms with Gasteiger partial charge in [-0.15, -0.1) is 0 Å². The van der Waals surface area contributed by atoms with Crippen molar-refractivity contribution in [3.8, 4) is 0 Å². The maximum Gasteiger partial charge on any atom is 0.0708 e. The molecule has 0 unspecified atom stereocenters. The molecule has 4 heteroatoms. The SMILES string of the molecule is C[C@@H]1OCC2(CCN(I)CC2)[C@@H]1N(C)C. The average molecular weight is 324 g/mol. The van der Waals surface area contributed by atoms with Crippen molar-refractivity contribution in [2.24, 2.45) is 5.41 Å². The van der Waals surface area contributed by atoms with Gasteiger partial charge < -0.3 is 9.64 Å². The van der Waals surface area contributed by atoms with Crippen LogP contribution >= 0.6 is 22.9 Å².